The maximum atomic E-state index is 11.8. The van der Waals surface area contributed by atoms with Crippen molar-refractivity contribution >= 4 is 21.5 Å². The summed E-state index contributed by atoms with van der Waals surface area (Å²) in [5, 5.41) is 6.62. The molecular weight excluding hydrogens is 372 g/mol. The maximum absolute atomic E-state index is 11.8. The van der Waals surface area contributed by atoms with E-state index in [2.05, 4.69) is 32.7 Å². The van der Waals surface area contributed by atoms with Crippen LogP contribution in [0.3, 0.4) is 0 Å². The van der Waals surface area contributed by atoms with E-state index in [1.165, 1.54) is 0 Å². The molecule has 0 amide bonds. The molecule has 2 heterocycles. The highest BCUT2D eigenvalue weighted by Crippen LogP contribution is 2.23. The van der Waals surface area contributed by atoms with Crippen molar-refractivity contribution in [2.45, 2.75) is 19.0 Å². The van der Waals surface area contributed by atoms with Gasteiger partial charge < -0.3 is 10.6 Å². The molecule has 1 saturated heterocycles. The molecule has 0 radical (unpaired) electrons. The maximum Gasteiger partial charge on any atom is 0.163 e. The summed E-state index contributed by atoms with van der Waals surface area (Å²) in [6, 6.07) is 21.6. The highest BCUT2D eigenvalue weighted by molar-refractivity contribution is 7.91. The van der Waals surface area contributed by atoms with E-state index in [4.69, 9.17) is 0 Å². The molecule has 6 nitrogen and oxygen atoms in total. The first-order chi connectivity index (χ1) is 13.6. The van der Waals surface area contributed by atoms with Crippen LogP contribution in [0.5, 0.6) is 0 Å². The van der Waals surface area contributed by atoms with Gasteiger partial charge in [0.15, 0.2) is 15.7 Å². The molecule has 1 unspecified atom stereocenters. The Morgan fingerprint density at radius 1 is 0.929 bits per heavy atom. The molecule has 4 rings (SSSR count). The first-order valence-electron chi connectivity index (χ1n) is 9.27. The molecule has 28 heavy (non-hydrogen) atoms. The van der Waals surface area contributed by atoms with Crippen LogP contribution in [0.25, 0.3) is 11.4 Å². The van der Waals surface area contributed by atoms with Gasteiger partial charge in [0.2, 0.25) is 0 Å². The van der Waals surface area contributed by atoms with Crippen LogP contribution >= 0.6 is 0 Å². The summed E-state index contributed by atoms with van der Waals surface area (Å²) in [6.45, 7) is 0.642. The van der Waals surface area contributed by atoms with Crippen LogP contribution in [0.2, 0.25) is 0 Å². The summed E-state index contributed by atoms with van der Waals surface area (Å²) in [5.74, 6) is 2.29. The zero-order chi connectivity index (χ0) is 19.4. The molecule has 0 aliphatic carbocycles. The first kappa shape index (κ1) is 18.4. The second-order valence-corrected chi connectivity index (χ2v) is 9.14. The Kier molecular flexibility index (Phi) is 5.25. The molecule has 1 atom stereocenters. The number of nitrogens with zero attached hydrogens (tertiary/aromatic N) is 2. The van der Waals surface area contributed by atoms with Crippen LogP contribution in [0.4, 0.5) is 11.6 Å². The molecule has 1 aromatic heterocycles. The zero-order valence-corrected chi connectivity index (χ0v) is 16.2. The predicted octanol–water partition coefficient (Wildman–Crippen LogP) is 3.35. The summed E-state index contributed by atoms with van der Waals surface area (Å²) in [6.07, 6.45) is 0.597. The van der Waals surface area contributed by atoms with E-state index in [0.717, 1.165) is 11.1 Å². The van der Waals surface area contributed by atoms with Gasteiger partial charge in [-0.05, 0) is 12.0 Å². The highest BCUT2D eigenvalue weighted by atomic mass is 32.2. The third kappa shape index (κ3) is 4.67. The fraction of sp³-hybridized carbons (Fsp3) is 0.238. The molecule has 1 aliphatic heterocycles. The number of aromatic nitrogens is 2. The summed E-state index contributed by atoms with van der Waals surface area (Å²) < 4.78 is 23.5. The van der Waals surface area contributed by atoms with Gasteiger partial charge in [0.25, 0.3) is 0 Å². The van der Waals surface area contributed by atoms with Gasteiger partial charge in [-0.3, -0.25) is 0 Å². The van der Waals surface area contributed by atoms with Crippen molar-refractivity contribution in [1.82, 2.24) is 9.97 Å². The van der Waals surface area contributed by atoms with E-state index in [9.17, 15) is 8.42 Å². The van der Waals surface area contributed by atoms with Crippen LogP contribution < -0.4 is 10.6 Å². The van der Waals surface area contributed by atoms with E-state index < -0.39 is 9.84 Å². The zero-order valence-electron chi connectivity index (χ0n) is 15.4. The van der Waals surface area contributed by atoms with Crippen LogP contribution in [0.15, 0.2) is 66.7 Å². The second-order valence-electron chi connectivity index (χ2n) is 6.91. The fourth-order valence-electron chi connectivity index (χ4n) is 3.23. The topological polar surface area (TPSA) is 84.0 Å². The molecule has 1 fully saturated rings. The minimum absolute atomic E-state index is 0.120. The number of rotatable bonds is 6. The van der Waals surface area contributed by atoms with E-state index >= 15 is 0 Å². The van der Waals surface area contributed by atoms with E-state index in [0.29, 0.717) is 30.4 Å². The Labute approximate surface area is 165 Å². The standard InChI is InChI=1S/C21H22N4O2S/c26-28(27)12-11-18(15-28)23-20-13-19(22-14-16-7-3-1-4-8-16)24-21(25-20)17-9-5-2-6-10-17/h1-10,13,18H,11-12,14-15H2,(H2,22,23,24,25). The largest absolute Gasteiger partial charge is 0.366 e. The van der Waals surface area contributed by atoms with Gasteiger partial charge in [-0.15, -0.1) is 0 Å². The lowest BCUT2D eigenvalue weighted by Gasteiger charge is -2.15. The average Bonchev–Trinajstić information content (AvgIpc) is 3.06. The molecule has 0 spiro atoms. The van der Waals surface area contributed by atoms with Gasteiger partial charge in [0.1, 0.15) is 11.6 Å². The monoisotopic (exact) mass is 394 g/mol. The van der Waals surface area contributed by atoms with Crippen molar-refractivity contribution in [2.24, 2.45) is 0 Å². The number of nitrogens with one attached hydrogen (secondary N) is 2. The van der Waals surface area contributed by atoms with E-state index in [-0.39, 0.29) is 17.5 Å². The lowest BCUT2D eigenvalue weighted by Crippen LogP contribution is -2.21. The molecule has 3 aromatic rings. The quantitative estimate of drug-likeness (QED) is 0.667. The van der Waals surface area contributed by atoms with Gasteiger partial charge in [-0.2, -0.15) is 0 Å². The Hall–Kier alpha value is -2.93. The minimum Gasteiger partial charge on any atom is -0.366 e. The second kappa shape index (κ2) is 7.98. The Morgan fingerprint density at radius 3 is 2.29 bits per heavy atom. The lowest BCUT2D eigenvalue weighted by molar-refractivity contribution is 0.602. The van der Waals surface area contributed by atoms with Gasteiger partial charge in [0.05, 0.1) is 11.5 Å². The minimum atomic E-state index is -2.96. The van der Waals surface area contributed by atoms with Gasteiger partial charge in [0, 0.05) is 24.2 Å². The van der Waals surface area contributed by atoms with Crippen molar-refractivity contribution in [3.8, 4) is 11.4 Å². The predicted molar refractivity (Wildman–Crippen MR) is 112 cm³/mol. The number of benzene rings is 2. The van der Waals surface area contributed by atoms with Crippen molar-refractivity contribution in [3.05, 3.63) is 72.3 Å². The third-order valence-corrected chi connectivity index (χ3v) is 6.43. The number of hydrogen-bond donors (Lipinski definition) is 2. The van der Waals surface area contributed by atoms with Gasteiger partial charge >= 0.3 is 0 Å². The van der Waals surface area contributed by atoms with Crippen LogP contribution in [-0.2, 0) is 16.4 Å². The molecule has 2 aromatic carbocycles. The molecule has 7 heteroatoms. The fourth-order valence-corrected chi connectivity index (χ4v) is 4.91. The Bertz CT molecular complexity index is 1040. The third-order valence-electron chi connectivity index (χ3n) is 4.66. The SMILES string of the molecule is O=S1(=O)CCC(Nc2cc(NCc3ccccc3)nc(-c3ccccc3)n2)C1. The molecule has 144 valence electrons. The molecule has 0 saturated carbocycles. The lowest BCUT2D eigenvalue weighted by atomic mass is 10.2. The molecule has 0 bridgehead atoms. The molecule has 2 N–H and O–H groups in total. The van der Waals surface area contributed by atoms with Gasteiger partial charge in [-0.1, -0.05) is 60.7 Å². The smallest absolute Gasteiger partial charge is 0.163 e. The van der Waals surface area contributed by atoms with Crippen molar-refractivity contribution in [2.75, 3.05) is 22.1 Å². The van der Waals surface area contributed by atoms with Crippen LogP contribution in [0, 0.1) is 0 Å². The van der Waals surface area contributed by atoms with Crippen molar-refractivity contribution < 1.29 is 8.42 Å². The average molecular weight is 395 g/mol. The van der Waals surface area contributed by atoms with Gasteiger partial charge in [-0.25, -0.2) is 18.4 Å². The Balaban J connectivity index is 1.59. The molecule has 1 aliphatic rings. The highest BCUT2D eigenvalue weighted by Gasteiger charge is 2.28. The summed E-state index contributed by atoms with van der Waals surface area (Å²) in [5.41, 5.74) is 2.06. The first-order valence-corrected chi connectivity index (χ1v) is 11.1. The van der Waals surface area contributed by atoms with Crippen LogP contribution in [-0.4, -0.2) is 35.9 Å². The van der Waals surface area contributed by atoms with Crippen LogP contribution in [0.1, 0.15) is 12.0 Å². The summed E-state index contributed by atoms with van der Waals surface area (Å²) >= 11 is 0. The number of anilines is 2. The number of hydrogen-bond acceptors (Lipinski definition) is 6. The van der Waals surface area contributed by atoms with E-state index in [1.807, 2.05) is 54.6 Å². The molecular formula is C21H22N4O2S. The summed E-state index contributed by atoms with van der Waals surface area (Å²) in [7, 11) is -2.96. The Morgan fingerprint density at radius 2 is 1.61 bits per heavy atom. The van der Waals surface area contributed by atoms with Crippen molar-refractivity contribution in [1.29, 1.82) is 0 Å². The normalized spacial score (nSPS) is 17.9. The summed E-state index contributed by atoms with van der Waals surface area (Å²) in [4.78, 5) is 9.25. The van der Waals surface area contributed by atoms with Crippen molar-refractivity contribution in [3.63, 3.8) is 0 Å². The van der Waals surface area contributed by atoms with E-state index in [1.54, 1.807) is 0 Å². The number of sulfone groups is 1.